The lowest BCUT2D eigenvalue weighted by Crippen LogP contribution is -2.27. The molecule has 1 N–H and O–H groups in total. The van der Waals surface area contributed by atoms with Crippen molar-refractivity contribution < 1.29 is 4.79 Å². The lowest BCUT2D eigenvalue weighted by atomic mass is 9.79. The molecule has 0 spiro atoms. The Labute approximate surface area is 125 Å². The lowest BCUT2D eigenvalue weighted by molar-refractivity contribution is -0.121. The monoisotopic (exact) mass is 295 g/mol. The number of carbonyl (C=O) groups excluding carboxylic acids is 1. The first-order valence-electron chi connectivity index (χ1n) is 7.47. The van der Waals surface area contributed by atoms with Gasteiger partial charge in [0.2, 0.25) is 5.91 Å². The maximum absolute atomic E-state index is 12.2. The van der Waals surface area contributed by atoms with Crippen LogP contribution in [0.15, 0.2) is 12.4 Å². The lowest BCUT2D eigenvalue weighted by Gasteiger charge is -2.27. The highest BCUT2D eigenvalue weighted by atomic mass is 35.5. The number of nitrogens with zero attached hydrogens (tertiary/aromatic N) is 2. The van der Waals surface area contributed by atoms with Gasteiger partial charge in [-0.15, -0.1) is 0 Å². The molecule has 0 aliphatic heterocycles. The van der Waals surface area contributed by atoms with Crippen LogP contribution in [0.2, 0.25) is 5.15 Å². The van der Waals surface area contributed by atoms with Crippen LogP contribution in [0, 0.1) is 11.8 Å². The molecule has 5 heteroatoms. The number of hydrogen-bond donors (Lipinski definition) is 1. The summed E-state index contributed by atoms with van der Waals surface area (Å²) in [5.74, 6) is 1.41. The predicted octanol–water partition coefficient (Wildman–Crippen LogP) is 4.07. The summed E-state index contributed by atoms with van der Waals surface area (Å²) in [5, 5.41) is 3.11. The topological polar surface area (TPSA) is 54.9 Å². The fraction of sp³-hybridized carbons (Fsp3) is 0.667. The predicted molar refractivity (Wildman–Crippen MR) is 80.6 cm³/mol. The van der Waals surface area contributed by atoms with Crippen LogP contribution in [0.5, 0.6) is 0 Å². The van der Waals surface area contributed by atoms with Crippen molar-refractivity contribution >= 4 is 23.3 Å². The van der Waals surface area contributed by atoms with E-state index in [1.807, 2.05) is 0 Å². The van der Waals surface area contributed by atoms with E-state index in [1.165, 1.54) is 44.5 Å². The van der Waals surface area contributed by atoms with Crippen molar-refractivity contribution in [3.8, 4) is 0 Å². The van der Waals surface area contributed by atoms with Gasteiger partial charge in [-0.05, 0) is 31.6 Å². The van der Waals surface area contributed by atoms with Gasteiger partial charge in [-0.2, -0.15) is 0 Å². The molecule has 0 bridgehead atoms. The van der Waals surface area contributed by atoms with E-state index in [2.05, 4.69) is 22.2 Å². The van der Waals surface area contributed by atoms with Crippen molar-refractivity contribution in [2.45, 2.75) is 51.9 Å². The molecule has 1 aromatic heterocycles. The normalized spacial score (nSPS) is 22.5. The molecular formula is C15H22ClN3O. The first-order chi connectivity index (χ1) is 9.69. The van der Waals surface area contributed by atoms with Crippen molar-refractivity contribution in [2.24, 2.45) is 11.8 Å². The van der Waals surface area contributed by atoms with Gasteiger partial charge in [-0.25, -0.2) is 4.98 Å². The Hall–Kier alpha value is -1.16. The van der Waals surface area contributed by atoms with Crippen molar-refractivity contribution in [2.75, 3.05) is 5.32 Å². The van der Waals surface area contributed by atoms with Gasteiger partial charge in [0.15, 0.2) is 5.82 Å². The first kappa shape index (κ1) is 15.2. The van der Waals surface area contributed by atoms with E-state index < -0.39 is 0 Å². The smallest absolute Gasteiger partial charge is 0.228 e. The minimum Gasteiger partial charge on any atom is -0.309 e. The second-order valence-corrected chi connectivity index (χ2v) is 5.96. The van der Waals surface area contributed by atoms with E-state index in [-0.39, 0.29) is 11.8 Å². The Morgan fingerprint density at radius 3 is 2.75 bits per heavy atom. The highest BCUT2D eigenvalue weighted by Crippen LogP contribution is 2.32. The van der Waals surface area contributed by atoms with Crippen LogP contribution in [-0.2, 0) is 4.79 Å². The quantitative estimate of drug-likeness (QED) is 0.891. The molecule has 4 nitrogen and oxygen atoms in total. The van der Waals surface area contributed by atoms with E-state index in [4.69, 9.17) is 11.6 Å². The molecule has 0 atom stereocenters. The van der Waals surface area contributed by atoms with Crippen molar-refractivity contribution in [1.29, 1.82) is 0 Å². The van der Waals surface area contributed by atoms with Gasteiger partial charge in [0.05, 0.1) is 12.4 Å². The number of aromatic nitrogens is 2. The van der Waals surface area contributed by atoms with E-state index in [0.29, 0.717) is 11.0 Å². The number of halogens is 1. The van der Waals surface area contributed by atoms with E-state index in [0.717, 1.165) is 18.8 Å². The molecule has 0 unspecified atom stereocenters. The Bertz CT molecular complexity index is 444. The molecule has 1 amide bonds. The van der Waals surface area contributed by atoms with Crippen LogP contribution in [0.25, 0.3) is 0 Å². The van der Waals surface area contributed by atoms with Gasteiger partial charge in [0.1, 0.15) is 5.15 Å². The molecule has 1 aliphatic carbocycles. The number of nitrogens with one attached hydrogen (secondary N) is 1. The van der Waals surface area contributed by atoms with E-state index in [9.17, 15) is 4.79 Å². The van der Waals surface area contributed by atoms with Gasteiger partial charge in [-0.1, -0.05) is 37.8 Å². The van der Waals surface area contributed by atoms with Crippen molar-refractivity contribution in [1.82, 2.24) is 9.97 Å². The summed E-state index contributed by atoms with van der Waals surface area (Å²) in [7, 11) is 0. The number of unbranched alkanes of at least 4 members (excludes halogenated alkanes) is 1. The van der Waals surface area contributed by atoms with Crippen LogP contribution in [-0.4, -0.2) is 15.9 Å². The summed E-state index contributed by atoms with van der Waals surface area (Å²) < 4.78 is 0. The number of rotatable bonds is 5. The van der Waals surface area contributed by atoms with Crippen LogP contribution in [0.4, 0.5) is 5.82 Å². The van der Waals surface area contributed by atoms with Crippen molar-refractivity contribution in [3.05, 3.63) is 17.5 Å². The molecule has 1 saturated carbocycles. The maximum atomic E-state index is 12.2. The van der Waals surface area contributed by atoms with Gasteiger partial charge < -0.3 is 5.32 Å². The van der Waals surface area contributed by atoms with Crippen LogP contribution < -0.4 is 5.32 Å². The van der Waals surface area contributed by atoms with E-state index >= 15 is 0 Å². The average Bonchev–Trinajstić information content (AvgIpc) is 2.45. The summed E-state index contributed by atoms with van der Waals surface area (Å²) in [6.45, 7) is 2.23. The summed E-state index contributed by atoms with van der Waals surface area (Å²) in [5.41, 5.74) is 0. The summed E-state index contributed by atoms with van der Waals surface area (Å²) in [4.78, 5) is 20.1. The summed E-state index contributed by atoms with van der Waals surface area (Å²) in [6, 6.07) is 0. The standard InChI is InChI=1S/C15H22ClN3O/c1-2-3-4-11-5-7-12(8-6-11)15(20)19-14-10-17-9-13(16)18-14/h9-12H,2-8H2,1H3,(H,18,19,20). The van der Waals surface area contributed by atoms with Crippen LogP contribution in [0.3, 0.4) is 0 Å². The molecule has 1 fully saturated rings. The zero-order valence-corrected chi connectivity index (χ0v) is 12.7. The van der Waals surface area contributed by atoms with Gasteiger partial charge in [0.25, 0.3) is 0 Å². The highest BCUT2D eigenvalue weighted by Gasteiger charge is 2.26. The molecule has 2 rings (SSSR count). The third kappa shape index (κ3) is 4.44. The molecule has 0 radical (unpaired) electrons. The second kappa shape index (κ2) is 7.58. The molecule has 1 aliphatic rings. The Morgan fingerprint density at radius 1 is 1.35 bits per heavy atom. The molecular weight excluding hydrogens is 274 g/mol. The largest absolute Gasteiger partial charge is 0.309 e. The third-order valence-electron chi connectivity index (χ3n) is 4.04. The Kier molecular flexibility index (Phi) is 5.77. The SMILES string of the molecule is CCCCC1CCC(C(=O)Nc2cncc(Cl)n2)CC1. The van der Waals surface area contributed by atoms with Gasteiger partial charge >= 0.3 is 0 Å². The fourth-order valence-corrected chi connectivity index (χ4v) is 2.98. The molecule has 1 heterocycles. The molecule has 0 aromatic carbocycles. The number of hydrogen-bond acceptors (Lipinski definition) is 3. The molecule has 110 valence electrons. The zero-order valence-electron chi connectivity index (χ0n) is 11.9. The molecule has 20 heavy (non-hydrogen) atoms. The Morgan fingerprint density at radius 2 is 2.10 bits per heavy atom. The maximum Gasteiger partial charge on any atom is 0.228 e. The minimum atomic E-state index is 0.0514. The second-order valence-electron chi connectivity index (χ2n) is 5.58. The van der Waals surface area contributed by atoms with Gasteiger partial charge in [0, 0.05) is 5.92 Å². The molecule has 1 aromatic rings. The van der Waals surface area contributed by atoms with Crippen molar-refractivity contribution in [3.63, 3.8) is 0 Å². The van der Waals surface area contributed by atoms with Gasteiger partial charge in [-0.3, -0.25) is 9.78 Å². The zero-order chi connectivity index (χ0) is 14.4. The van der Waals surface area contributed by atoms with Crippen LogP contribution in [0.1, 0.15) is 51.9 Å². The summed E-state index contributed by atoms with van der Waals surface area (Å²) in [6.07, 6.45) is 11.1. The minimum absolute atomic E-state index is 0.0514. The third-order valence-corrected chi connectivity index (χ3v) is 4.22. The average molecular weight is 296 g/mol. The van der Waals surface area contributed by atoms with Crippen LogP contribution >= 0.6 is 11.6 Å². The highest BCUT2D eigenvalue weighted by molar-refractivity contribution is 6.29. The number of anilines is 1. The number of amides is 1. The number of carbonyl (C=O) groups is 1. The summed E-state index contributed by atoms with van der Waals surface area (Å²) >= 11 is 5.76. The first-order valence-corrected chi connectivity index (χ1v) is 7.85. The fourth-order valence-electron chi connectivity index (χ4n) is 2.84. The van der Waals surface area contributed by atoms with E-state index in [1.54, 1.807) is 0 Å². The Balaban J connectivity index is 1.80. The molecule has 0 saturated heterocycles.